The molecule has 2 aromatic rings. The predicted molar refractivity (Wildman–Crippen MR) is 94.2 cm³/mol. The fourth-order valence-electron chi connectivity index (χ4n) is 2.24. The number of benzene rings is 1. The number of nitrogens with zero attached hydrogens (tertiary/aromatic N) is 3. The summed E-state index contributed by atoms with van der Waals surface area (Å²) in [5, 5.41) is 4.52. The number of aromatic nitrogens is 2. The molecule has 1 fully saturated rings. The molecule has 0 unspecified atom stereocenters. The summed E-state index contributed by atoms with van der Waals surface area (Å²) in [5.41, 5.74) is 2.88. The molecule has 1 saturated heterocycles. The van der Waals surface area contributed by atoms with Gasteiger partial charge in [0.25, 0.3) is 5.24 Å². The molecule has 1 aliphatic heterocycles. The van der Waals surface area contributed by atoms with Crippen LogP contribution < -0.4 is 0 Å². The van der Waals surface area contributed by atoms with E-state index in [0.29, 0.717) is 11.5 Å². The Kier molecular flexibility index (Phi) is 4.13. The van der Waals surface area contributed by atoms with Crippen LogP contribution in [0.3, 0.4) is 0 Å². The second kappa shape index (κ2) is 6.06. The van der Waals surface area contributed by atoms with Gasteiger partial charge in [-0.05, 0) is 43.8 Å². The quantitative estimate of drug-likeness (QED) is 0.629. The van der Waals surface area contributed by atoms with Crippen molar-refractivity contribution < 1.29 is 4.79 Å². The van der Waals surface area contributed by atoms with E-state index in [2.05, 4.69) is 5.10 Å². The third-order valence-corrected chi connectivity index (χ3v) is 4.93. The van der Waals surface area contributed by atoms with Crippen LogP contribution >= 0.6 is 24.0 Å². The largest absolute Gasteiger partial charge is 0.293 e. The third-order valence-electron chi connectivity index (χ3n) is 3.43. The number of hydrogen-bond donors (Lipinski definition) is 0. The lowest BCUT2D eigenvalue weighted by molar-refractivity contribution is 0.247. The van der Waals surface area contributed by atoms with E-state index in [1.54, 1.807) is 4.90 Å². The first-order valence-electron chi connectivity index (χ1n) is 6.97. The highest BCUT2D eigenvalue weighted by Gasteiger charge is 2.30. The van der Waals surface area contributed by atoms with Crippen LogP contribution in [-0.4, -0.2) is 31.5 Å². The molecular formula is C16H15N3OS2. The highest BCUT2D eigenvalue weighted by atomic mass is 32.2. The lowest BCUT2D eigenvalue weighted by Crippen LogP contribution is -2.26. The highest BCUT2D eigenvalue weighted by molar-refractivity contribution is 8.19. The van der Waals surface area contributed by atoms with Gasteiger partial charge in [-0.25, -0.2) is 4.68 Å². The van der Waals surface area contributed by atoms with Crippen molar-refractivity contribution in [2.45, 2.75) is 13.8 Å². The zero-order valence-corrected chi connectivity index (χ0v) is 13.9. The fraction of sp³-hybridized carbons (Fsp3) is 0.188. The molecule has 1 amide bonds. The van der Waals surface area contributed by atoms with E-state index < -0.39 is 0 Å². The van der Waals surface area contributed by atoms with Crippen molar-refractivity contribution in [1.82, 2.24) is 14.7 Å². The van der Waals surface area contributed by atoms with Gasteiger partial charge < -0.3 is 0 Å². The van der Waals surface area contributed by atoms with Crippen LogP contribution in [0.15, 0.2) is 41.4 Å². The first kappa shape index (κ1) is 15.0. The first-order valence-corrected chi connectivity index (χ1v) is 8.19. The summed E-state index contributed by atoms with van der Waals surface area (Å²) in [5.74, 6) is 0. The van der Waals surface area contributed by atoms with Gasteiger partial charge in [0.1, 0.15) is 4.99 Å². The molecule has 112 valence electrons. The molecule has 0 N–H and O–H groups in total. The molecule has 0 spiro atoms. The lowest BCUT2D eigenvalue weighted by atomic mass is 10.2. The van der Waals surface area contributed by atoms with Gasteiger partial charge in [-0.3, -0.25) is 9.69 Å². The molecule has 0 aliphatic carbocycles. The highest BCUT2D eigenvalue weighted by Crippen LogP contribution is 2.33. The minimum atomic E-state index is -0.00754. The van der Waals surface area contributed by atoms with Crippen LogP contribution in [0.1, 0.15) is 18.2 Å². The average Bonchev–Trinajstić information content (AvgIpc) is 3.01. The van der Waals surface area contributed by atoms with Crippen molar-refractivity contribution in [3.63, 3.8) is 0 Å². The maximum absolute atomic E-state index is 11.9. The van der Waals surface area contributed by atoms with E-state index in [4.69, 9.17) is 12.2 Å². The number of amides is 1. The van der Waals surface area contributed by atoms with E-state index in [9.17, 15) is 4.79 Å². The summed E-state index contributed by atoms with van der Waals surface area (Å²) in [4.78, 5) is 14.9. The molecular weight excluding hydrogens is 314 g/mol. The average molecular weight is 329 g/mol. The van der Waals surface area contributed by atoms with Crippen molar-refractivity contribution in [3.8, 4) is 5.69 Å². The topological polar surface area (TPSA) is 38.1 Å². The molecule has 0 bridgehead atoms. The van der Waals surface area contributed by atoms with Crippen LogP contribution in [0.2, 0.25) is 0 Å². The smallest absolute Gasteiger partial charge is 0.291 e. The number of carbonyl (C=O) groups excluding carboxylic acids is 1. The van der Waals surface area contributed by atoms with Gasteiger partial charge >= 0.3 is 0 Å². The standard InChI is InChI=1S/C16H15N3OS2/c1-3-18-15(21)14(22-16(18)20)9-12-10-19(17-11(12)2)13-7-5-4-6-8-13/h4-10H,3H2,1-2H3. The predicted octanol–water partition coefficient (Wildman–Crippen LogP) is 4.04. The summed E-state index contributed by atoms with van der Waals surface area (Å²) in [6.45, 7) is 4.48. The van der Waals surface area contributed by atoms with Gasteiger partial charge in [0.05, 0.1) is 16.3 Å². The summed E-state index contributed by atoms with van der Waals surface area (Å²) in [7, 11) is 0. The third kappa shape index (κ3) is 2.71. The van der Waals surface area contributed by atoms with Crippen LogP contribution in [0.4, 0.5) is 4.79 Å². The minimum absolute atomic E-state index is 0.00754. The van der Waals surface area contributed by atoms with Gasteiger partial charge in [-0.1, -0.05) is 30.4 Å². The van der Waals surface area contributed by atoms with E-state index in [-0.39, 0.29) is 5.24 Å². The second-order valence-electron chi connectivity index (χ2n) is 4.88. The van der Waals surface area contributed by atoms with Crippen molar-refractivity contribution in [3.05, 3.63) is 52.7 Å². The zero-order chi connectivity index (χ0) is 15.7. The van der Waals surface area contributed by atoms with Crippen molar-refractivity contribution in [2.24, 2.45) is 0 Å². The molecule has 1 aromatic heterocycles. The van der Waals surface area contributed by atoms with Gasteiger partial charge in [0, 0.05) is 18.3 Å². The molecule has 22 heavy (non-hydrogen) atoms. The molecule has 0 saturated carbocycles. The zero-order valence-electron chi connectivity index (χ0n) is 12.3. The lowest BCUT2D eigenvalue weighted by Gasteiger charge is -2.09. The molecule has 0 atom stereocenters. The number of thioether (sulfide) groups is 1. The molecule has 3 rings (SSSR count). The summed E-state index contributed by atoms with van der Waals surface area (Å²) < 4.78 is 1.84. The Hall–Kier alpha value is -1.92. The van der Waals surface area contributed by atoms with E-state index in [1.165, 1.54) is 11.8 Å². The molecule has 1 aliphatic rings. The molecule has 2 heterocycles. The number of carbonyl (C=O) groups is 1. The number of rotatable bonds is 3. The van der Waals surface area contributed by atoms with Crippen LogP contribution in [0, 0.1) is 6.92 Å². The SMILES string of the molecule is CCN1C(=O)SC(=Cc2cn(-c3ccccc3)nc2C)C1=S. The number of hydrogen-bond acceptors (Lipinski definition) is 4. The second-order valence-corrected chi connectivity index (χ2v) is 6.26. The van der Waals surface area contributed by atoms with Gasteiger partial charge in [-0.2, -0.15) is 5.10 Å². The van der Waals surface area contributed by atoms with E-state index >= 15 is 0 Å². The number of thiocarbonyl (C=S) groups is 1. The molecule has 0 radical (unpaired) electrons. The summed E-state index contributed by atoms with van der Waals surface area (Å²) >= 11 is 6.55. The van der Waals surface area contributed by atoms with Crippen molar-refractivity contribution in [1.29, 1.82) is 0 Å². The maximum Gasteiger partial charge on any atom is 0.291 e. The van der Waals surface area contributed by atoms with Crippen molar-refractivity contribution >= 4 is 40.3 Å². The fourth-order valence-corrected chi connectivity index (χ4v) is 3.60. The number of aryl methyl sites for hydroxylation is 1. The summed E-state index contributed by atoms with van der Waals surface area (Å²) in [6.07, 6.45) is 3.91. The van der Waals surface area contributed by atoms with Gasteiger partial charge in [-0.15, -0.1) is 0 Å². The Morgan fingerprint density at radius 2 is 2.05 bits per heavy atom. The Labute approximate surface area is 138 Å². The normalized spacial score (nSPS) is 16.8. The Morgan fingerprint density at radius 1 is 1.32 bits per heavy atom. The van der Waals surface area contributed by atoms with Crippen LogP contribution in [-0.2, 0) is 0 Å². The Balaban J connectivity index is 1.94. The maximum atomic E-state index is 11.9. The Morgan fingerprint density at radius 3 is 2.68 bits per heavy atom. The molecule has 1 aromatic carbocycles. The van der Waals surface area contributed by atoms with E-state index in [0.717, 1.165) is 21.8 Å². The minimum Gasteiger partial charge on any atom is -0.293 e. The monoisotopic (exact) mass is 329 g/mol. The van der Waals surface area contributed by atoms with Crippen LogP contribution in [0.5, 0.6) is 0 Å². The van der Waals surface area contributed by atoms with Crippen LogP contribution in [0.25, 0.3) is 11.8 Å². The van der Waals surface area contributed by atoms with E-state index in [1.807, 2.05) is 61.1 Å². The summed E-state index contributed by atoms with van der Waals surface area (Å²) in [6, 6.07) is 9.93. The molecule has 6 heteroatoms. The molecule has 4 nitrogen and oxygen atoms in total. The van der Waals surface area contributed by atoms with Gasteiger partial charge in [0.15, 0.2) is 0 Å². The first-order chi connectivity index (χ1) is 10.6. The van der Waals surface area contributed by atoms with Gasteiger partial charge in [0.2, 0.25) is 0 Å². The number of likely N-dealkylation sites (N-methyl/N-ethyl adjacent to an activating group) is 1. The Bertz CT molecular complexity index is 765. The number of para-hydroxylation sites is 1. The van der Waals surface area contributed by atoms with Crippen molar-refractivity contribution in [2.75, 3.05) is 6.54 Å².